The number of carbonyl (C=O) groups excluding carboxylic acids is 1. The first-order chi connectivity index (χ1) is 13.4. The maximum absolute atomic E-state index is 12.7. The highest BCUT2D eigenvalue weighted by atomic mass is 32.2. The SMILES string of the molecule is CC(C)COc1ccccc1NC(=O)c1cc(S(=O)(=O)N2CCOCC2)c[nH]1. The monoisotopic (exact) mass is 407 g/mol. The lowest BCUT2D eigenvalue weighted by molar-refractivity contribution is 0.0730. The van der Waals surface area contributed by atoms with E-state index in [1.54, 1.807) is 18.2 Å². The van der Waals surface area contributed by atoms with Crippen LogP contribution >= 0.6 is 0 Å². The Morgan fingerprint density at radius 3 is 2.71 bits per heavy atom. The van der Waals surface area contributed by atoms with Crippen molar-refractivity contribution < 1.29 is 22.7 Å². The lowest BCUT2D eigenvalue weighted by Crippen LogP contribution is -2.40. The van der Waals surface area contributed by atoms with Crippen LogP contribution in [0.2, 0.25) is 0 Å². The number of benzene rings is 1. The Kier molecular flexibility index (Phi) is 6.38. The second-order valence-electron chi connectivity index (χ2n) is 6.92. The molecule has 9 heteroatoms. The molecule has 3 rings (SSSR count). The zero-order valence-electron chi connectivity index (χ0n) is 16.0. The molecule has 0 saturated carbocycles. The smallest absolute Gasteiger partial charge is 0.272 e. The molecule has 1 aliphatic rings. The number of carbonyl (C=O) groups is 1. The van der Waals surface area contributed by atoms with E-state index in [0.717, 1.165) is 0 Å². The minimum Gasteiger partial charge on any atom is -0.491 e. The first-order valence-corrected chi connectivity index (χ1v) is 10.6. The third-order valence-electron chi connectivity index (χ3n) is 4.22. The Morgan fingerprint density at radius 1 is 1.29 bits per heavy atom. The minimum absolute atomic E-state index is 0.0592. The molecule has 1 amide bonds. The van der Waals surface area contributed by atoms with Crippen molar-refractivity contribution in [2.75, 3.05) is 38.2 Å². The number of hydrogen-bond acceptors (Lipinski definition) is 5. The molecule has 1 fully saturated rings. The molecule has 0 aliphatic carbocycles. The van der Waals surface area contributed by atoms with Gasteiger partial charge in [0.1, 0.15) is 16.3 Å². The highest BCUT2D eigenvalue weighted by molar-refractivity contribution is 7.89. The molecule has 1 saturated heterocycles. The maximum Gasteiger partial charge on any atom is 0.272 e. The van der Waals surface area contributed by atoms with E-state index in [2.05, 4.69) is 10.3 Å². The molecule has 1 aliphatic heterocycles. The summed E-state index contributed by atoms with van der Waals surface area (Å²) < 4.78 is 37.7. The molecule has 0 spiro atoms. The quantitative estimate of drug-likeness (QED) is 0.734. The average molecular weight is 407 g/mol. The van der Waals surface area contributed by atoms with Crippen LogP contribution in [0, 0.1) is 5.92 Å². The number of anilines is 1. The van der Waals surface area contributed by atoms with E-state index in [0.29, 0.717) is 50.3 Å². The number of aromatic nitrogens is 1. The van der Waals surface area contributed by atoms with Gasteiger partial charge < -0.3 is 19.8 Å². The fourth-order valence-electron chi connectivity index (χ4n) is 2.73. The van der Waals surface area contributed by atoms with Crippen LogP contribution in [0.5, 0.6) is 5.75 Å². The van der Waals surface area contributed by atoms with Crippen molar-refractivity contribution in [1.29, 1.82) is 0 Å². The van der Waals surface area contributed by atoms with E-state index < -0.39 is 15.9 Å². The van der Waals surface area contributed by atoms with E-state index in [1.807, 2.05) is 19.9 Å². The molecular formula is C19H25N3O5S. The highest BCUT2D eigenvalue weighted by Gasteiger charge is 2.28. The van der Waals surface area contributed by atoms with Gasteiger partial charge in [0.25, 0.3) is 5.91 Å². The number of nitrogens with zero attached hydrogens (tertiary/aromatic N) is 1. The van der Waals surface area contributed by atoms with Gasteiger partial charge in [-0.1, -0.05) is 26.0 Å². The first-order valence-electron chi connectivity index (χ1n) is 9.17. The summed E-state index contributed by atoms with van der Waals surface area (Å²) in [5.74, 6) is 0.474. The molecule has 28 heavy (non-hydrogen) atoms. The lowest BCUT2D eigenvalue weighted by atomic mass is 10.2. The van der Waals surface area contributed by atoms with Crippen LogP contribution in [0.3, 0.4) is 0 Å². The molecule has 1 aromatic carbocycles. The van der Waals surface area contributed by atoms with Crippen LogP contribution in [0.25, 0.3) is 0 Å². The number of amides is 1. The van der Waals surface area contributed by atoms with Crippen molar-refractivity contribution in [1.82, 2.24) is 9.29 Å². The zero-order chi connectivity index (χ0) is 20.1. The Balaban J connectivity index is 1.73. The largest absolute Gasteiger partial charge is 0.491 e. The number of H-pyrrole nitrogens is 1. The van der Waals surface area contributed by atoms with E-state index >= 15 is 0 Å². The van der Waals surface area contributed by atoms with E-state index in [9.17, 15) is 13.2 Å². The number of hydrogen-bond donors (Lipinski definition) is 2. The number of rotatable bonds is 7. The number of nitrogens with one attached hydrogen (secondary N) is 2. The van der Waals surface area contributed by atoms with Gasteiger partial charge in [0.15, 0.2) is 0 Å². The minimum atomic E-state index is -3.66. The fourth-order valence-corrected chi connectivity index (χ4v) is 4.13. The van der Waals surface area contributed by atoms with Gasteiger partial charge >= 0.3 is 0 Å². The number of aromatic amines is 1. The summed E-state index contributed by atoms with van der Waals surface area (Å²) >= 11 is 0. The molecule has 0 atom stereocenters. The molecule has 2 heterocycles. The molecule has 2 N–H and O–H groups in total. The normalized spacial score (nSPS) is 15.5. The Hall–Kier alpha value is -2.36. The van der Waals surface area contributed by atoms with Gasteiger partial charge in [0.05, 0.1) is 25.5 Å². The lowest BCUT2D eigenvalue weighted by Gasteiger charge is -2.25. The average Bonchev–Trinajstić information content (AvgIpc) is 3.19. The molecule has 152 valence electrons. The molecule has 0 bridgehead atoms. The summed E-state index contributed by atoms with van der Waals surface area (Å²) in [4.78, 5) is 15.4. The summed E-state index contributed by atoms with van der Waals surface area (Å²) in [6, 6.07) is 8.48. The van der Waals surface area contributed by atoms with Crippen LogP contribution in [-0.4, -0.2) is 56.5 Å². The van der Waals surface area contributed by atoms with Gasteiger partial charge in [-0.3, -0.25) is 4.79 Å². The van der Waals surface area contributed by atoms with Crippen molar-refractivity contribution in [3.8, 4) is 5.75 Å². The van der Waals surface area contributed by atoms with Gasteiger partial charge in [-0.2, -0.15) is 4.31 Å². The third-order valence-corrected chi connectivity index (χ3v) is 6.09. The summed E-state index contributed by atoms with van der Waals surface area (Å²) in [6.45, 7) is 5.93. The van der Waals surface area contributed by atoms with E-state index in [-0.39, 0.29) is 10.6 Å². The molecular weight excluding hydrogens is 382 g/mol. The topological polar surface area (TPSA) is 101 Å². The highest BCUT2D eigenvalue weighted by Crippen LogP contribution is 2.25. The predicted molar refractivity (Wildman–Crippen MR) is 105 cm³/mol. The van der Waals surface area contributed by atoms with Gasteiger partial charge in [-0.05, 0) is 24.1 Å². The van der Waals surface area contributed by atoms with Crippen LogP contribution in [0.15, 0.2) is 41.4 Å². The molecule has 2 aromatic rings. The summed E-state index contributed by atoms with van der Waals surface area (Å²) in [7, 11) is -3.66. The maximum atomic E-state index is 12.7. The molecule has 0 radical (unpaired) electrons. The predicted octanol–water partition coefficient (Wildman–Crippen LogP) is 2.32. The third kappa shape index (κ3) is 4.73. The Labute approximate surface area is 164 Å². The fraction of sp³-hybridized carbons (Fsp3) is 0.421. The van der Waals surface area contributed by atoms with Crippen LogP contribution in [0.4, 0.5) is 5.69 Å². The van der Waals surface area contributed by atoms with Crippen LogP contribution in [0.1, 0.15) is 24.3 Å². The Bertz CT molecular complexity index is 917. The second-order valence-corrected chi connectivity index (χ2v) is 8.86. The van der Waals surface area contributed by atoms with Crippen molar-refractivity contribution >= 4 is 21.6 Å². The molecule has 8 nitrogen and oxygen atoms in total. The van der Waals surface area contributed by atoms with Gasteiger partial charge in [-0.15, -0.1) is 0 Å². The number of sulfonamides is 1. The van der Waals surface area contributed by atoms with Gasteiger partial charge in [0.2, 0.25) is 10.0 Å². The number of para-hydroxylation sites is 2. The first kappa shape index (κ1) is 20.4. The van der Waals surface area contributed by atoms with Crippen LogP contribution < -0.4 is 10.1 Å². The van der Waals surface area contributed by atoms with Crippen molar-refractivity contribution in [3.63, 3.8) is 0 Å². The summed E-state index contributed by atoms with van der Waals surface area (Å²) in [5, 5.41) is 2.77. The Morgan fingerprint density at radius 2 is 2.00 bits per heavy atom. The summed E-state index contributed by atoms with van der Waals surface area (Å²) in [6.07, 6.45) is 1.33. The molecule has 0 unspecified atom stereocenters. The van der Waals surface area contributed by atoms with E-state index in [4.69, 9.17) is 9.47 Å². The van der Waals surface area contributed by atoms with Crippen molar-refractivity contribution in [2.24, 2.45) is 5.92 Å². The van der Waals surface area contributed by atoms with Crippen molar-refractivity contribution in [3.05, 3.63) is 42.2 Å². The number of ether oxygens (including phenoxy) is 2. The summed E-state index contributed by atoms with van der Waals surface area (Å²) in [5.41, 5.74) is 0.686. The van der Waals surface area contributed by atoms with Crippen LogP contribution in [-0.2, 0) is 14.8 Å². The van der Waals surface area contributed by atoms with E-state index in [1.165, 1.54) is 16.6 Å². The molecule has 1 aromatic heterocycles. The van der Waals surface area contributed by atoms with Gasteiger partial charge in [-0.25, -0.2) is 8.42 Å². The number of morpholine rings is 1. The van der Waals surface area contributed by atoms with Crippen molar-refractivity contribution in [2.45, 2.75) is 18.7 Å². The van der Waals surface area contributed by atoms with Gasteiger partial charge in [0, 0.05) is 19.3 Å². The zero-order valence-corrected chi connectivity index (χ0v) is 16.8. The standard InChI is InChI=1S/C19H25N3O5S/c1-14(2)13-27-18-6-4-3-5-16(18)21-19(23)17-11-15(12-20-17)28(24,25)22-7-9-26-10-8-22/h3-6,11-12,14,20H,7-10,13H2,1-2H3,(H,21,23). The second kappa shape index (κ2) is 8.76.